The Hall–Kier alpha value is -2.94. The average Bonchev–Trinajstić information content (AvgIpc) is 3.52. The zero-order chi connectivity index (χ0) is 19.6. The normalized spacial score (nSPS) is 30.2. The molecule has 2 bridgehead atoms. The molecule has 3 fully saturated rings. The summed E-state index contributed by atoms with van der Waals surface area (Å²) < 4.78 is 8.41. The zero-order valence-electron chi connectivity index (χ0n) is 16.2. The van der Waals surface area contributed by atoms with E-state index >= 15 is 0 Å². The zero-order valence-corrected chi connectivity index (χ0v) is 16.2. The number of carbonyl (C=O) groups is 1. The number of anilines is 1. The number of imidazole rings is 1. The van der Waals surface area contributed by atoms with Gasteiger partial charge in [0, 0.05) is 38.2 Å². The maximum absolute atomic E-state index is 12.3. The first-order valence-corrected chi connectivity index (χ1v) is 10.1. The molecule has 3 aromatic rings. The predicted molar refractivity (Wildman–Crippen MR) is 105 cm³/mol. The van der Waals surface area contributed by atoms with Gasteiger partial charge >= 0.3 is 0 Å². The van der Waals surface area contributed by atoms with Gasteiger partial charge in [0.25, 0.3) is 5.91 Å². The van der Waals surface area contributed by atoms with Gasteiger partial charge in [0.1, 0.15) is 11.2 Å². The molecule has 0 unspecified atom stereocenters. The molecule has 6 heterocycles. The van der Waals surface area contributed by atoms with Crippen LogP contribution in [0.4, 0.5) is 5.95 Å². The number of carbonyl (C=O) groups excluding carboxylic acids is 1. The largest absolute Gasteiger partial charge is 0.369 e. The maximum Gasteiger partial charge on any atom is 0.267 e. The van der Waals surface area contributed by atoms with Crippen molar-refractivity contribution >= 4 is 23.0 Å². The van der Waals surface area contributed by atoms with Gasteiger partial charge in [-0.1, -0.05) is 0 Å². The standard InChI is InChI=1S/C20H23N7O2/c1-26-11-24-17-15(26)8-23-19(25-17)27-9-13-12(16-4-5-20(13,10-27)29-16)7-22-18(28)14-3-2-6-21-14/h2-3,6,8,11-13,16,21H,4-5,7,9-10H2,1H3,(H,22,28)/t12-,13+,16+,20+/m0/s1. The van der Waals surface area contributed by atoms with Gasteiger partial charge in [0.15, 0.2) is 5.65 Å². The number of rotatable bonds is 4. The first-order valence-electron chi connectivity index (χ1n) is 10.1. The van der Waals surface area contributed by atoms with Crippen molar-refractivity contribution in [2.24, 2.45) is 18.9 Å². The van der Waals surface area contributed by atoms with Crippen LogP contribution in [-0.2, 0) is 11.8 Å². The van der Waals surface area contributed by atoms with E-state index in [1.165, 1.54) is 0 Å². The number of nitrogens with zero attached hydrogens (tertiary/aromatic N) is 5. The molecular weight excluding hydrogens is 370 g/mol. The molecule has 1 spiro atoms. The fourth-order valence-electron chi connectivity index (χ4n) is 5.45. The molecule has 4 atom stereocenters. The van der Waals surface area contributed by atoms with Crippen LogP contribution in [0.15, 0.2) is 30.9 Å². The molecule has 1 amide bonds. The number of hydrogen-bond donors (Lipinski definition) is 2. The highest BCUT2D eigenvalue weighted by Gasteiger charge is 2.63. The molecule has 3 aliphatic heterocycles. The lowest BCUT2D eigenvalue weighted by atomic mass is 9.73. The minimum atomic E-state index is -0.144. The van der Waals surface area contributed by atoms with Gasteiger partial charge in [-0.15, -0.1) is 0 Å². The van der Waals surface area contributed by atoms with Crippen LogP contribution in [-0.4, -0.2) is 61.7 Å². The second-order valence-corrected chi connectivity index (χ2v) is 8.44. The first kappa shape index (κ1) is 17.0. The first-order chi connectivity index (χ1) is 14.1. The van der Waals surface area contributed by atoms with Gasteiger partial charge in [-0.2, -0.15) is 4.98 Å². The molecule has 9 nitrogen and oxygen atoms in total. The molecule has 150 valence electrons. The lowest BCUT2D eigenvalue weighted by molar-refractivity contribution is 0.0141. The highest BCUT2D eigenvalue weighted by molar-refractivity contribution is 5.92. The third-order valence-electron chi connectivity index (χ3n) is 6.88. The van der Waals surface area contributed by atoms with Crippen molar-refractivity contribution in [3.63, 3.8) is 0 Å². The number of nitrogens with one attached hydrogen (secondary N) is 2. The topological polar surface area (TPSA) is 101 Å². The summed E-state index contributed by atoms with van der Waals surface area (Å²) in [5, 5.41) is 3.09. The summed E-state index contributed by atoms with van der Waals surface area (Å²) in [5.74, 6) is 1.33. The highest BCUT2D eigenvalue weighted by atomic mass is 16.5. The van der Waals surface area contributed by atoms with Crippen LogP contribution in [0.2, 0.25) is 0 Å². The molecule has 3 aromatic heterocycles. The summed E-state index contributed by atoms with van der Waals surface area (Å²) in [7, 11) is 1.94. The molecule has 0 aliphatic carbocycles. The summed E-state index contributed by atoms with van der Waals surface area (Å²) in [6, 6.07) is 3.62. The van der Waals surface area contributed by atoms with Gasteiger partial charge < -0.3 is 24.5 Å². The van der Waals surface area contributed by atoms with Crippen molar-refractivity contribution in [1.82, 2.24) is 29.8 Å². The van der Waals surface area contributed by atoms with Crippen molar-refractivity contribution in [2.75, 3.05) is 24.5 Å². The molecule has 0 aromatic carbocycles. The Labute approximate surface area is 167 Å². The van der Waals surface area contributed by atoms with Crippen LogP contribution in [0.25, 0.3) is 11.2 Å². The average molecular weight is 393 g/mol. The lowest BCUT2D eigenvalue weighted by Gasteiger charge is -2.29. The molecule has 6 rings (SSSR count). The number of fused-ring (bicyclic) bond motifs is 2. The van der Waals surface area contributed by atoms with Crippen LogP contribution in [0.5, 0.6) is 0 Å². The highest BCUT2D eigenvalue weighted by Crippen LogP contribution is 2.55. The molecule has 3 aliphatic rings. The van der Waals surface area contributed by atoms with E-state index in [4.69, 9.17) is 4.74 Å². The van der Waals surface area contributed by atoms with Crippen molar-refractivity contribution in [3.8, 4) is 0 Å². The summed E-state index contributed by atoms with van der Waals surface area (Å²) in [4.78, 5) is 31.1. The summed E-state index contributed by atoms with van der Waals surface area (Å²) in [6.45, 7) is 2.27. The van der Waals surface area contributed by atoms with E-state index in [2.05, 4.69) is 30.2 Å². The Morgan fingerprint density at radius 3 is 3.24 bits per heavy atom. The number of aromatic amines is 1. The van der Waals surface area contributed by atoms with E-state index in [0.717, 1.165) is 31.4 Å². The van der Waals surface area contributed by atoms with E-state index in [9.17, 15) is 4.79 Å². The van der Waals surface area contributed by atoms with Crippen LogP contribution >= 0.6 is 0 Å². The molecule has 29 heavy (non-hydrogen) atoms. The Morgan fingerprint density at radius 2 is 2.38 bits per heavy atom. The van der Waals surface area contributed by atoms with Crippen LogP contribution in [0, 0.1) is 11.8 Å². The Bertz CT molecular complexity index is 1080. The fourth-order valence-corrected chi connectivity index (χ4v) is 5.45. The van der Waals surface area contributed by atoms with Gasteiger partial charge in [0.2, 0.25) is 5.95 Å². The summed E-state index contributed by atoms with van der Waals surface area (Å²) in [5.41, 5.74) is 2.09. The third-order valence-corrected chi connectivity index (χ3v) is 6.88. The number of H-pyrrole nitrogens is 1. The van der Waals surface area contributed by atoms with Crippen molar-refractivity contribution in [2.45, 2.75) is 24.5 Å². The molecule has 3 saturated heterocycles. The van der Waals surface area contributed by atoms with Gasteiger partial charge in [-0.25, -0.2) is 9.97 Å². The van der Waals surface area contributed by atoms with E-state index in [1.54, 1.807) is 18.6 Å². The Morgan fingerprint density at radius 1 is 1.45 bits per heavy atom. The van der Waals surface area contributed by atoms with E-state index in [0.29, 0.717) is 35.7 Å². The number of hydrogen-bond acceptors (Lipinski definition) is 6. The molecular formula is C20H23N7O2. The number of aromatic nitrogens is 5. The Kier molecular flexibility index (Phi) is 3.53. The molecule has 0 saturated carbocycles. The Balaban J connectivity index is 1.21. The molecule has 2 N–H and O–H groups in total. The van der Waals surface area contributed by atoms with Crippen LogP contribution in [0.3, 0.4) is 0 Å². The van der Waals surface area contributed by atoms with E-state index in [-0.39, 0.29) is 17.6 Å². The minimum absolute atomic E-state index is 0.0642. The minimum Gasteiger partial charge on any atom is -0.369 e. The number of ether oxygens (including phenoxy) is 1. The van der Waals surface area contributed by atoms with Crippen molar-refractivity contribution in [3.05, 3.63) is 36.5 Å². The maximum atomic E-state index is 12.3. The third kappa shape index (κ3) is 2.50. The second kappa shape index (κ2) is 6.03. The quantitative estimate of drug-likeness (QED) is 0.689. The number of amides is 1. The number of aryl methyl sites for hydroxylation is 1. The summed E-state index contributed by atoms with van der Waals surface area (Å²) >= 11 is 0. The van der Waals surface area contributed by atoms with Gasteiger partial charge in [-0.3, -0.25) is 4.79 Å². The molecule has 0 radical (unpaired) electrons. The van der Waals surface area contributed by atoms with Crippen LogP contribution < -0.4 is 10.2 Å². The fraction of sp³-hybridized carbons (Fsp3) is 0.500. The molecule has 9 heteroatoms. The van der Waals surface area contributed by atoms with E-state index in [1.807, 2.05) is 23.9 Å². The lowest BCUT2D eigenvalue weighted by Crippen LogP contribution is -2.42. The van der Waals surface area contributed by atoms with Crippen molar-refractivity contribution < 1.29 is 9.53 Å². The van der Waals surface area contributed by atoms with Crippen LogP contribution in [0.1, 0.15) is 23.3 Å². The van der Waals surface area contributed by atoms with Gasteiger partial charge in [-0.05, 0) is 25.0 Å². The second-order valence-electron chi connectivity index (χ2n) is 8.44. The van der Waals surface area contributed by atoms with Crippen molar-refractivity contribution in [1.29, 1.82) is 0 Å². The SMILES string of the molecule is Cn1cnc2nc(N3C[C@@H]4[C@H](CNC(=O)c5ccc[nH]5)[C@H]5CC[C@]4(C3)O5)ncc21. The monoisotopic (exact) mass is 393 g/mol. The predicted octanol–water partition coefficient (Wildman–Crippen LogP) is 1.11. The van der Waals surface area contributed by atoms with E-state index < -0.39 is 0 Å². The smallest absolute Gasteiger partial charge is 0.267 e. The van der Waals surface area contributed by atoms with Gasteiger partial charge in [0.05, 0.1) is 30.8 Å². The summed E-state index contributed by atoms with van der Waals surface area (Å²) in [6.07, 6.45) is 7.69.